The Balaban J connectivity index is 1.33. The Bertz CT molecular complexity index is 1220. The first-order chi connectivity index (χ1) is 15.8. The molecule has 0 bridgehead atoms. The molecular formula is C25H29N3O4S. The van der Waals surface area contributed by atoms with Crippen molar-refractivity contribution in [3.05, 3.63) is 53.6 Å². The maximum atomic E-state index is 13.3. The highest BCUT2D eigenvalue weighted by Gasteiger charge is 2.38. The molecule has 0 radical (unpaired) electrons. The second kappa shape index (κ2) is 8.25. The first-order valence-corrected chi connectivity index (χ1v) is 13.0. The Kier molecular flexibility index (Phi) is 5.53. The van der Waals surface area contributed by atoms with Crippen molar-refractivity contribution in [3.63, 3.8) is 0 Å². The van der Waals surface area contributed by atoms with Crippen molar-refractivity contribution in [3.8, 4) is 0 Å². The van der Waals surface area contributed by atoms with E-state index in [1.165, 1.54) is 7.05 Å². The standard InChI is InChI=1S/C25H29N3O4S/c1-17-14-20-15-21(10-11-23(20)28(17)25(30)19-7-5-8-19)33(31,32)26(2)16-24(29)27-13-12-18-6-3-4-9-22(18)27/h3-4,6,9-11,15,17,19H,5,7-8,12-14,16H2,1-2H3/t17-/m0/s1. The van der Waals surface area contributed by atoms with E-state index < -0.39 is 10.0 Å². The van der Waals surface area contributed by atoms with Crippen LogP contribution in [0.15, 0.2) is 47.4 Å². The second-order valence-corrected chi connectivity index (χ2v) is 11.4. The van der Waals surface area contributed by atoms with Crippen molar-refractivity contribution < 1.29 is 18.0 Å². The minimum Gasteiger partial charge on any atom is -0.311 e. The van der Waals surface area contributed by atoms with Gasteiger partial charge in [0.1, 0.15) is 0 Å². The molecule has 2 amide bonds. The summed E-state index contributed by atoms with van der Waals surface area (Å²) in [6.45, 7) is 2.34. The summed E-state index contributed by atoms with van der Waals surface area (Å²) in [5.74, 6) is 0.00414. The van der Waals surface area contributed by atoms with Gasteiger partial charge in [-0.1, -0.05) is 24.6 Å². The third kappa shape index (κ3) is 3.75. The number of benzene rings is 2. The van der Waals surface area contributed by atoms with E-state index >= 15 is 0 Å². The van der Waals surface area contributed by atoms with E-state index in [4.69, 9.17) is 0 Å². The molecule has 0 spiro atoms. The summed E-state index contributed by atoms with van der Waals surface area (Å²) in [6, 6.07) is 12.7. The highest BCUT2D eigenvalue weighted by atomic mass is 32.2. The van der Waals surface area contributed by atoms with Crippen LogP contribution in [0, 0.1) is 5.92 Å². The lowest BCUT2D eigenvalue weighted by Gasteiger charge is -2.32. The Morgan fingerprint density at radius 2 is 1.82 bits per heavy atom. The first-order valence-electron chi connectivity index (χ1n) is 11.6. The Labute approximate surface area is 195 Å². The predicted octanol–water partition coefficient (Wildman–Crippen LogP) is 2.97. The molecule has 174 valence electrons. The van der Waals surface area contributed by atoms with Crippen molar-refractivity contribution in [1.82, 2.24) is 4.31 Å². The lowest BCUT2D eigenvalue weighted by atomic mass is 9.84. The summed E-state index contributed by atoms with van der Waals surface area (Å²) >= 11 is 0. The molecule has 1 aliphatic carbocycles. The molecule has 2 aromatic rings. The molecule has 1 atom stereocenters. The number of hydrogen-bond donors (Lipinski definition) is 0. The van der Waals surface area contributed by atoms with Crippen LogP contribution in [0.1, 0.15) is 37.3 Å². The summed E-state index contributed by atoms with van der Waals surface area (Å²) in [7, 11) is -2.40. The molecule has 0 aromatic heterocycles. The third-order valence-corrected chi connectivity index (χ3v) is 9.01. The van der Waals surface area contributed by atoms with E-state index in [0.29, 0.717) is 13.0 Å². The number of anilines is 2. The number of hydrogen-bond acceptors (Lipinski definition) is 4. The maximum absolute atomic E-state index is 13.3. The van der Waals surface area contributed by atoms with E-state index in [-0.39, 0.29) is 35.2 Å². The molecule has 1 fully saturated rings. The van der Waals surface area contributed by atoms with Crippen LogP contribution in [0.3, 0.4) is 0 Å². The van der Waals surface area contributed by atoms with Crippen LogP contribution in [-0.2, 0) is 32.5 Å². The Hall–Kier alpha value is -2.71. The first kappa shape index (κ1) is 22.1. The van der Waals surface area contributed by atoms with Gasteiger partial charge in [-0.2, -0.15) is 4.31 Å². The quantitative estimate of drug-likeness (QED) is 0.677. The number of carbonyl (C=O) groups excluding carboxylic acids is 2. The summed E-state index contributed by atoms with van der Waals surface area (Å²) in [4.78, 5) is 29.5. The summed E-state index contributed by atoms with van der Waals surface area (Å²) in [6.07, 6.45) is 4.37. The molecule has 3 aliphatic rings. The monoisotopic (exact) mass is 467 g/mol. The van der Waals surface area contributed by atoms with Crippen LogP contribution in [-0.4, -0.2) is 50.7 Å². The normalized spacial score (nSPS) is 20.0. The van der Waals surface area contributed by atoms with Crippen molar-refractivity contribution >= 4 is 33.2 Å². The van der Waals surface area contributed by atoms with E-state index in [0.717, 1.165) is 52.5 Å². The number of rotatable bonds is 5. The van der Waals surface area contributed by atoms with Gasteiger partial charge in [-0.3, -0.25) is 9.59 Å². The van der Waals surface area contributed by atoms with E-state index in [1.807, 2.05) is 36.1 Å². The largest absolute Gasteiger partial charge is 0.311 e. The number of amides is 2. The number of likely N-dealkylation sites (N-methyl/N-ethyl adjacent to an activating group) is 1. The van der Waals surface area contributed by atoms with Crippen molar-refractivity contribution in [2.45, 2.75) is 50.0 Å². The summed E-state index contributed by atoms with van der Waals surface area (Å²) in [5.41, 5.74) is 3.64. The van der Waals surface area contributed by atoms with Crippen molar-refractivity contribution in [2.24, 2.45) is 5.92 Å². The predicted molar refractivity (Wildman–Crippen MR) is 127 cm³/mol. The van der Waals surface area contributed by atoms with Gasteiger partial charge in [0.2, 0.25) is 21.8 Å². The van der Waals surface area contributed by atoms with Crippen molar-refractivity contribution in [2.75, 3.05) is 29.9 Å². The molecule has 0 N–H and O–H groups in total. The third-order valence-electron chi connectivity index (χ3n) is 7.21. The van der Waals surface area contributed by atoms with Crippen LogP contribution in [0.2, 0.25) is 0 Å². The topological polar surface area (TPSA) is 78.0 Å². The van der Waals surface area contributed by atoms with Crippen LogP contribution in [0.25, 0.3) is 0 Å². The molecule has 1 saturated carbocycles. The summed E-state index contributed by atoms with van der Waals surface area (Å²) in [5, 5.41) is 0. The average molecular weight is 468 g/mol. The summed E-state index contributed by atoms with van der Waals surface area (Å²) < 4.78 is 27.6. The SMILES string of the molecule is C[C@H]1Cc2cc(S(=O)(=O)N(C)CC(=O)N3CCc4ccccc43)ccc2N1C(=O)C1CCC1. The van der Waals surface area contributed by atoms with Crippen molar-refractivity contribution in [1.29, 1.82) is 0 Å². The van der Waals surface area contributed by atoms with Gasteiger partial charge in [0, 0.05) is 36.9 Å². The van der Waals surface area contributed by atoms with Gasteiger partial charge in [-0.25, -0.2) is 8.42 Å². The molecule has 7 nitrogen and oxygen atoms in total. The molecule has 2 aliphatic heterocycles. The maximum Gasteiger partial charge on any atom is 0.243 e. The number of sulfonamides is 1. The van der Waals surface area contributed by atoms with Gasteiger partial charge in [0.25, 0.3) is 0 Å². The van der Waals surface area contributed by atoms with Crippen LogP contribution < -0.4 is 9.80 Å². The number of para-hydroxylation sites is 1. The number of carbonyl (C=O) groups is 2. The van der Waals surface area contributed by atoms with Crippen LogP contribution in [0.4, 0.5) is 11.4 Å². The molecular weight excluding hydrogens is 438 g/mol. The lowest BCUT2D eigenvalue weighted by molar-refractivity contribution is -0.125. The minimum absolute atomic E-state index is 0.0144. The Morgan fingerprint density at radius 3 is 2.55 bits per heavy atom. The van der Waals surface area contributed by atoms with E-state index in [9.17, 15) is 18.0 Å². The fourth-order valence-corrected chi connectivity index (χ4v) is 6.27. The molecule has 0 unspecified atom stereocenters. The van der Waals surface area contributed by atoms with Gasteiger partial charge in [0.15, 0.2) is 0 Å². The lowest BCUT2D eigenvalue weighted by Crippen LogP contribution is -2.42. The minimum atomic E-state index is -3.85. The van der Waals surface area contributed by atoms with Crippen LogP contribution >= 0.6 is 0 Å². The molecule has 0 saturated heterocycles. The smallest absolute Gasteiger partial charge is 0.243 e. The zero-order valence-electron chi connectivity index (χ0n) is 19.0. The zero-order chi connectivity index (χ0) is 23.3. The van der Waals surface area contributed by atoms with Gasteiger partial charge in [-0.05, 0) is 68.0 Å². The Morgan fingerprint density at radius 1 is 1.06 bits per heavy atom. The molecule has 33 heavy (non-hydrogen) atoms. The molecule has 8 heteroatoms. The van der Waals surface area contributed by atoms with Gasteiger partial charge in [0.05, 0.1) is 11.4 Å². The number of nitrogens with zero attached hydrogens (tertiary/aromatic N) is 3. The fraction of sp³-hybridized carbons (Fsp3) is 0.440. The van der Waals surface area contributed by atoms with E-state index in [2.05, 4.69) is 0 Å². The fourth-order valence-electron chi connectivity index (χ4n) is 5.09. The van der Waals surface area contributed by atoms with Gasteiger partial charge in [-0.15, -0.1) is 0 Å². The van der Waals surface area contributed by atoms with Gasteiger partial charge < -0.3 is 9.80 Å². The highest BCUT2D eigenvalue weighted by Crippen LogP contribution is 2.38. The molecule has 2 aromatic carbocycles. The highest BCUT2D eigenvalue weighted by molar-refractivity contribution is 7.89. The average Bonchev–Trinajstić information content (AvgIpc) is 3.31. The zero-order valence-corrected chi connectivity index (χ0v) is 19.8. The van der Waals surface area contributed by atoms with Gasteiger partial charge >= 0.3 is 0 Å². The second-order valence-electron chi connectivity index (χ2n) is 9.36. The molecule has 5 rings (SSSR count). The van der Waals surface area contributed by atoms with E-state index in [1.54, 1.807) is 23.1 Å². The molecule has 2 heterocycles. The number of fused-ring (bicyclic) bond motifs is 2. The van der Waals surface area contributed by atoms with Crippen LogP contribution in [0.5, 0.6) is 0 Å².